The Kier molecular flexibility index (Phi) is 3.15. The summed E-state index contributed by atoms with van der Waals surface area (Å²) in [4.78, 5) is 15.0. The van der Waals surface area contributed by atoms with E-state index in [2.05, 4.69) is 4.90 Å². The molecule has 21 heavy (non-hydrogen) atoms. The summed E-state index contributed by atoms with van der Waals surface area (Å²) in [6, 6.07) is 13.8. The van der Waals surface area contributed by atoms with E-state index in [0.717, 1.165) is 43.2 Å². The van der Waals surface area contributed by atoms with Crippen molar-refractivity contribution in [2.24, 2.45) is 5.92 Å². The first kappa shape index (κ1) is 12.8. The van der Waals surface area contributed by atoms with Crippen molar-refractivity contribution in [1.29, 1.82) is 0 Å². The number of piperidine rings is 3. The Bertz CT molecular complexity index is 668. The lowest BCUT2D eigenvalue weighted by Gasteiger charge is -2.43. The fourth-order valence-electron chi connectivity index (χ4n) is 3.65. The van der Waals surface area contributed by atoms with Crippen LogP contribution in [0, 0.1) is 5.92 Å². The van der Waals surface area contributed by atoms with Crippen molar-refractivity contribution in [2.75, 3.05) is 19.6 Å². The molecule has 108 valence electrons. The summed E-state index contributed by atoms with van der Waals surface area (Å²) in [6.45, 7) is 3.22. The lowest BCUT2D eigenvalue weighted by Crippen LogP contribution is -2.51. The molecule has 3 fully saturated rings. The maximum Gasteiger partial charge on any atom is 0.339 e. The van der Waals surface area contributed by atoms with E-state index >= 15 is 0 Å². The zero-order chi connectivity index (χ0) is 14.2. The molecule has 3 aliphatic rings. The Morgan fingerprint density at radius 2 is 1.81 bits per heavy atom. The SMILES string of the molecule is O=C(OC1CN2CCC1CC2)c1cccc2ccccc12. The standard InChI is InChI=1S/C18H19NO2/c20-18(21-17-12-19-10-8-14(17)9-11-19)16-7-3-5-13-4-1-2-6-15(13)16/h1-7,14,17H,8-12H2. The van der Waals surface area contributed by atoms with Crippen LogP contribution in [0.25, 0.3) is 10.8 Å². The Labute approximate surface area is 124 Å². The van der Waals surface area contributed by atoms with Crippen LogP contribution < -0.4 is 0 Å². The topological polar surface area (TPSA) is 29.5 Å². The maximum atomic E-state index is 12.6. The van der Waals surface area contributed by atoms with Crippen LogP contribution in [-0.2, 0) is 4.74 Å². The van der Waals surface area contributed by atoms with Gasteiger partial charge in [-0.3, -0.25) is 4.90 Å². The number of benzene rings is 2. The lowest BCUT2D eigenvalue weighted by atomic mass is 9.86. The molecule has 0 amide bonds. The van der Waals surface area contributed by atoms with Crippen molar-refractivity contribution in [3.63, 3.8) is 0 Å². The van der Waals surface area contributed by atoms with E-state index in [-0.39, 0.29) is 12.1 Å². The zero-order valence-corrected chi connectivity index (χ0v) is 12.0. The van der Waals surface area contributed by atoms with E-state index in [1.807, 2.05) is 42.5 Å². The molecule has 3 saturated heterocycles. The molecular formula is C18H19NO2. The zero-order valence-electron chi connectivity index (χ0n) is 12.0. The molecule has 5 rings (SSSR count). The molecule has 0 aromatic heterocycles. The maximum absolute atomic E-state index is 12.6. The van der Waals surface area contributed by atoms with E-state index < -0.39 is 0 Å². The van der Waals surface area contributed by atoms with Crippen LogP contribution in [0.1, 0.15) is 23.2 Å². The Morgan fingerprint density at radius 3 is 2.57 bits per heavy atom. The molecule has 0 spiro atoms. The van der Waals surface area contributed by atoms with Gasteiger partial charge in [0.25, 0.3) is 0 Å². The molecule has 2 bridgehead atoms. The highest BCUT2D eigenvalue weighted by molar-refractivity contribution is 6.04. The van der Waals surface area contributed by atoms with Gasteiger partial charge in [0.15, 0.2) is 0 Å². The number of fused-ring (bicyclic) bond motifs is 4. The molecule has 0 N–H and O–H groups in total. The molecular weight excluding hydrogens is 262 g/mol. The third-order valence-corrected chi connectivity index (χ3v) is 4.86. The van der Waals surface area contributed by atoms with Crippen molar-refractivity contribution in [2.45, 2.75) is 18.9 Å². The highest BCUT2D eigenvalue weighted by atomic mass is 16.5. The minimum atomic E-state index is -0.175. The lowest BCUT2D eigenvalue weighted by molar-refractivity contribution is -0.0454. The average molecular weight is 281 g/mol. The molecule has 2 aromatic rings. The van der Waals surface area contributed by atoms with Gasteiger partial charge in [0.05, 0.1) is 5.56 Å². The quantitative estimate of drug-likeness (QED) is 0.792. The van der Waals surface area contributed by atoms with Gasteiger partial charge in [-0.1, -0.05) is 36.4 Å². The second-order valence-electron chi connectivity index (χ2n) is 6.11. The van der Waals surface area contributed by atoms with Crippen LogP contribution in [0.5, 0.6) is 0 Å². The predicted octanol–water partition coefficient (Wildman–Crippen LogP) is 3.09. The Morgan fingerprint density at radius 1 is 1.05 bits per heavy atom. The van der Waals surface area contributed by atoms with Crippen molar-refractivity contribution in [1.82, 2.24) is 4.90 Å². The van der Waals surface area contributed by atoms with Crippen LogP contribution in [0.15, 0.2) is 42.5 Å². The number of carbonyl (C=O) groups is 1. The van der Waals surface area contributed by atoms with Gasteiger partial charge in [-0.25, -0.2) is 4.79 Å². The van der Waals surface area contributed by atoms with Crippen LogP contribution >= 0.6 is 0 Å². The number of hydrogen-bond acceptors (Lipinski definition) is 3. The van der Waals surface area contributed by atoms with E-state index in [4.69, 9.17) is 4.74 Å². The molecule has 0 radical (unpaired) electrons. The van der Waals surface area contributed by atoms with Crippen LogP contribution in [0.4, 0.5) is 0 Å². The smallest absolute Gasteiger partial charge is 0.339 e. The number of carbonyl (C=O) groups excluding carboxylic acids is 1. The molecule has 1 atom stereocenters. The van der Waals surface area contributed by atoms with Crippen molar-refractivity contribution in [3.8, 4) is 0 Å². The first-order valence-corrected chi connectivity index (χ1v) is 7.72. The first-order chi connectivity index (χ1) is 10.3. The highest BCUT2D eigenvalue weighted by Crippen LogP contribution is 2.30. The van der Waals surface area contributed by atoms with E-state index in [9.17, 15) is 4.79 Å². The molecule has 3 heteroatoms. The second-order valence-corrected chi connectivity index (χ2v) is 6.11. The number of nitrogens with zero attached hydrogens (tertiary/aromatic N) is 1. The van der Waals surface area contributed by atoms with E-state index in [0.29, 0.717) is 11.5 Å². The van der Waals surface area contributed by atoms with Crippen molar-refractivity contribution >= 4 is 16.7 Å². The number of hydrogen-bond donors (Lipinski definition) is 0. The number of rotatable bonds is 2. The third kappa shape index (κ3) is 2.32. The van der Waals surface area contributed by atoms with Crippen molar-refractivity contribution < 1.29 is 9.53 Å². The minimum Gasteiger partial charge on any atom is -0.457 e. The van der Waals surface area contributed by atoms with Gasteiger partial charge in [0.1, 0.15) is 6.10 Å². The fraction of sp³-hybridized carbons (Fsp3) is 0.389. The van der Waals surface area contributed by atoms with E-state index in [1.165, 1.54) is 0 Å². The summed E-state index contributed by atoms with van der Waals surface area (Å²) in [6.07, 6.45) is 2.39. The summed E-state index contributed by atoms with van der Waals surface area (Å²) < 4.78 is 5.84. The molecule has 2 aromatic carbocycles. The summed E-state index contributed by atoms with van der Waals surface area (Å²) in [7, 11) is 0. The van der Waals surface area contributed by atoms with Crippen LogP contribution in [0.2, 0.25) is 0 Å². The van der Waals surface area contributed by atoms with Gasteiger partial charge in [-0.15, -0.1) is 0 Å². The van der Waals surface area contributed by atoms with Gasteiger partial charge >= 0.3 is 5.97 Å². The molecule has 3 heterocycles. The molecule has 1 unspecified atom stereocenters. The van der Waals surface area contributed by atoms with Crippen LogP contribution in [0.3, 0.4) is 0 Å². The summed E-state index contributed by atoms with van der Waals surface area (Å²) >= 11 is 0. The second kappa shape index (κ2) is 5.15. The first-order valence-electron chi connectivity index (χ1n) is 7.72. The van der Waals surface area contributed by atoms with Gasteiger partial charge in [-0.05, 0) is 48.7 Å². The normalized spacial score (nSPS) is 27.7. The summed E-state index contributed by atoms with van der Waals surface area (Å²) in [5, 5.41) is 2.06. The van der Waals surface area contributed by atoms with Gasteiger partial charge in [0, 0.05) is 6.54 Å². The average Bonchev–Trinajstić information content (AvgIpc) is 2.55. The fourth-order valence-corrected chi connectivity index (χ4v) is 3.65. The molecule has 0 aliphatic carbocycles. The van der Waals surface area contributed by atoms with E-state index in [1.54, 1.807) is 0 Å². The van der Waals surface area contributed by atoms with Gasteiger partial charge in [-0.2, -0.15) is 0 Å². The van der Waals surface area contributed by atoms with Crippen LogP contribution in [-0.4, -0.2) is 36.6 Å². The molecule has 3 nitrogen and oxygen atoms in total. The minimum absolute atomic E-state index is 0.0685. The largest absolute Gasteiger partial charge is 0.457 e. The summed E-state index contributed by atoms with van der Waals surface area (Å²) in [5.74, 6) is 0.375. The highest BCUT2D eigenvalue weighted by Gasteiger charge is 2.36. The number of ether oxygens (including phenoxy) is 1. The molecule has 3 aliphatic heterocycles. The van der Waals surface area contributed by atoms with Crippen molar-refractivity contribution in [3.05, 3.63) is 48.0 Å². The van der Waals surface area contributed by atoms with Gasteiger partial charge < -0.3 is 4.74 Å². The van der Waals surface area contributed by atoms with Gasteiger partial charge in [0.2, 0.25) is 0 Å². The Hall–Kier alpha value is -1.87. The Balaban J connectivity index is 1.59. The monoisotopic (exact) mass is 281 g/mol. The predicted molar refractivity (Wildman–Crippen MR) is 82.3 cm³/mol. The summed E-state index contributed by atoms with van der Waals surface area (Å²) in [5.41, 5.74) is 0.685. The third-order valence-electron chi connectivity index (χ3n) is 4.86. The number of esters is 1. The molecule has 0 saturated carbocycles.